The normalized spacial score (nSPS) is 10.6. The molecular weight excluding hydrogens is 326 g/mol. The van der Waals surface area contributed by atoms with E-state index in [9.17, 15) is 0 Å². The van der Waals surface area contributed by atoms with Gasteiger partial charge in [-0.25, -0.2) is 0 Å². The number of aromatic nitrogens is 3. The van der Waals surface area contributed by atoms with Crippen molar-refractivity contribution in [3.8, 4) is 5.69 Å². The summed E-state index contributed by atoms with van der Waals surface area (Å²) in [6.07, 6.45) is 1.57. The number of hydrogen-bond acceptors (Lipinski definition) is 3. The predicted molar refractivity (Wildman–Crippen MR) is 62.7 cm³/mol. The van der Waals surface area contributed by atoms with E-state index in [-0.39, 0.29) is 6.61 Å². The van der Waals surface area contributed by atoms with Crippen molar-refractivity contribution in [1.82, 2.24) is 14.8 Å². The molecule has 2 rings (SSSR count). The molecule has 1 N–H and O–H groups in total. The number of benzene rings is 1. The maximum absolute atomic E-state index is 9.08. The van der Waals surface area contributed by atoms with E-state index in [1.165, 1.54) is 0 Å². The van der Waals surface area contributed by atoms with Gasteiger partial charge in [-0.2, -0.15) is 0 Å². The third-order valence-corrected chi connectivity index (χ3v) is 3.09. The van der Waals surface area contributed by atoms with E-state index >= 15 is 0 Å². The molecule has 6 heteroatoms. The first-order chi connectivity index (χ1) is 7.22. The fourth-order valence-corrected chi connectivity index (χ4v) is 2.03. The summed E-state index contributed by atoms with van der Waals surface area (Å²) in [6, 6.07) is 5.77. The molecule has 0 unspecified atom stereocenters. The van der Waals surface area contributed by atoms with Crippen LogP contribution in [0.2, 0.25) is 0 Å². The van der Waals surface area contributed by atoms with Crippen LogP contribution in [0.1, 0.15) is 5.82 Å². The second kappa shape index (κ2) is 4.42. The first-order valence-corrected chi connectivity index (χ1v) is 5.76. The van der Waals surface area contributed by atoms with Crippen molar-refractivity contribution in [1.29, 1.82) is 0 Å². The van der Waals surface area contributed by atoms with Gasteiger partial charge in [0.1, 0.15) is 12.9 Å². The Hall–Kier alpha value is -0.720. The first-order valence-electron chi connectivity index (χ1n) is 4.17. The van der Waals surface area contributed by atoms with Crippen LogP contribution in [0.5, 0.6) is 0 Å². The molecule has 0 saturated heterocycles. The molecule has 0 bridgehead atoms. The lowest BCUT2D eigenvalue weighted by atomic mass is 10.3. The maximum Gasteiger partial charge on any atom is 0.163 e. The molecule has 15 heavy (non-hydrogen) atoms. The summed E-state index contributed by atoms with van der Waals surface area (Å²) in [5, 5.41) is 16.6. The molecule has 0 aliphatic heterocycles. The molecule has 1 heterocycles. The first kappa shape index (κ1) is 10.8. The molecule has 1 aromatic carbocycles. The Morgan fingerprint density at radius 2 is 2.13 bits per heavy atom. The Labute approximate surface area is 103 Å². The highest BCUT2D eigenvalue weighted by Gasteiger charge is 2.08. The van der Waals surface area contributed by atoms with Crippen LogP contribution in [-0.4, -0.2) is 19.9 Å². The fraction of sp³-hybridized carbons (Fsp3) is 0.111. The summed E-state index contributed by atoms with van der Waals surface area (Å²) in [5.74, 6) is 0.508. The average Bonchev–Trinajstić information content (AvgIpc) is 2.69. The van der Waals surface area contributed by atoms with E-state index in [2.05, 4.69) is 42.1 Å². The molecule has 4 nitrogen and oxygen atoms in total. The molecule has 78 valence electrons. The van der Waals surface area contributed by atoms with E-state index < -0.39 is 0 Å². The minimum absolute atomic E-state index is 0.140. The van der Waals surface area contributed by atoms with Crippen LogP contribution in [-0.2, 0) is 6.61 Å². The third kappa shape index (κ3) is 2.11. The summed E-state index contributed by atoms with van der Waals surface area (Å²) >= 11 is 6.83. The van der Waals surface area contributed by atoms with Gasteiger partial charge >= 0.3 is 0 Å². The lowest BCUT2D eigenvalue weighted by molar-refractivity contribution is 0.269. The van der Waals surface area contributed by atoms with Crippen LogP contribution in [0.25, 0.3) is 5.69 Å². The van der Waals surface area contributed by atoms with Gasteiger partial charge in [-0.15, -0.1) is 10.2 Å². The van der Waals surface area contributed by atoms with Crippen molar-refractivity contribution in [2.75, 3.05) is 0 Å². The van der Waals surface area contributed by atoms with Crippen LogP contribution in [0, 0.1) is 0 Å². The quantitative estimate of drug-likeness (QED) is 0.918. The molecule has 2 aromatic rings. The van der Waals surface area contributed by atoms with E-state index in [1.54, 1.807) is 10.9 Å². The zero-order chi connectivity index (χ0) is 10.8. The number of aliphatic hydroxyl groups excluding tert-OH is 1. The number of halogens is 2. The van der Waals surface area contributed by atoms with Gasteiger partial charge in [-0.05, 0) is 34.1 Å². The Balaban J connectivity index is 2.58. The predicted octanol–water partition coefficient (Wildman–Crippen LogP) is 2.28. The van der Waals surface area contributed by atoms with Crippen LogP contribution in [0.4, 0.5) is 0 Å². The van der Waals surface area contributed by atoms with Gasteiger partial charge in [0.25, 0.3) is 0 Å². The van der Waals surface area contributed by atoms with Crippen LogP contribution in [0.3, 0.4) is 0 Å². The van der Waals surface area contributed by atoms with E-state index in [0.717, 1.165) is 14.6 Å². The zero-order valence-electron chi connectivity index (χ0n) is 7.56. The van der Waals surface area contributed by atoms with Crippen molar-refractivity contribution >= 4 is 31.9 Å². The highest BCUT2D eigenvalue weighted by Crippen LogP contribution is 2.25. The maximum atomic E-state index is 9.08. The number of nitrogens with zero attached hydrogens (tertiary/aromatic N) is 3. The number of hydrogen-bond donors (Lipinski definition) is 1. The molecule has 0 saturated carbocycles. The smallest absolute Gasteiger partial charge is 0.163 e. The lowest BCUT2D eigenvalue weighted by Crippen LogP contribution is -2.00. The van der Waals surface area contributed by atoms with Gasteiger partial charge in [-0.3, -0.25) is 4.57 Å². The molecule has 1 aromatic heterocycles. The second-order valence-corrected chi connectivity index (χ2v) is 4.64. The molecule has 0 aliphatic rings. The second-order valence-electron chi connectivity index (χ2n) is 2.87. The van der Waals surface area contributed by atoms with Crippen molar-refractivity contribution in [2.45, 2.75) is 6.61 Å². The summed E-state index contributed by atoms with van der Waals surface area (Å²) in [6.45, 7) is -0.140. The van der Waals surface area contributed by atoms with Gasteiger partial charge in [0.05, 0.1) is 5.69 Å². The van der Waals surface area contributed by atoms with Crippen LogP contribution < -0.4 is 0 Å². The summed E-state index contributed by atoms with van der Waals surface area (Å²) in [4.78, 5) is 0. The molecule has 0 amide bonds. The van der Waals surface area contributed by atoms with Crippen molar-refractivity contribution < 1.29 is 5.11 Å². The molecule has 0 aliphatic carbocycles. The van der Waals surface area contributed by atoms with Gasteiger partial charge in [0.15, 0.2) is 5.82 Å². The fourth-order valence-electron chi connectivity index (χ4n) is 1.24. The largest absolute Gasteiger partial charge is 0.388 e. The summed E-state index contributed by atoms with van der Waals surface area (Å²) in [5.41, 5.74) is 0.887. The topological polar surface area (TPSA) is 50.9 Å². The molecule has 0 atom stereocenters. The average molecular weight is 333 g/mol. The number of aliphatic hydroxyl groups is 1. The van der Waals surface area contributed by atoms with Gasteiger partial charge < -0.3 is 5.11 Å². The molecule has 0 spiro atoms. The Morgan fingerprint density at radius 3 is 2.87 bits per heavy atom. The Morgan fingerprint density at radius 1 is 1.33 bits per heavy atom. The van der Waals surface area contributed by atoms with Gasteiger partial charge in [-0.1, -0.05) is 15.9 Å². The SMILES string of the molecule is OCc1nncn1-c1cc(Br)ccc1Br. The van der Waals surface area contributed by atoms with E-state index in [4.69, 9.17) is 5.11 Å². The van der Waals surface area contributed by atoms with Crippen LogP contribution >= 0.6 is 31.9 Å². The lowest BCUT2D eigenvalue weighted by Gasteiger charge is -2.07. The van der Waals surface area contributed by atoms with Crippen molar-refractivity contribution in [3.63, 3.8) is 0 Å². The third-order valence-electron chi connectivity index (χ3n) is 1.93. The monoisotopic (exact) mass is 331 g/mol. The Bertz CT molecular complexity index is 484. The minimum Gasteiger partial charge on any atom is -0.388 e. The van der Waals surface area contributed by atoms with E-state index in [1.807, 2.05) is 18.2 Å². The molecule has 0 fully saturated rings. The number of rotatable bonds is 2. The van der Waals surface area contributed by atoms with Crippen molar-refractivity contribution in [2.24, 2.45) is 0 Å². The summed E-state index contributed by atoms with van der Waals surface area (Å²) < 4.78 is 3.60. The van der Waals surface area contributed by atoms with E-state index in [0.29, 0.717) is 5.82 Å². The molecular formula is C9H7Br2N3O. The van der Waals surface area contributed by atoms with Gasteiger partial charge in [0, 0.05) is 8.95 Å². The van der Waals surface area contributed by atoms with Crippen molar-refractivity contribution in [3.05, 3.63) is 39.3 Å². The molecule has 0 radical (unpaired) electrons. The Kier molecular flexibility index (Phi) is 3.18. The van der Waals surface area contributed by atoms with Gasteiger partial charge in [0.2, 0.25) is 0 Å². The highest BCUT2D eigenvalue weighted by molar-refractivity contribution is 9.11. The standard InChI is InChI=1S/C9H7Br2N3O/c10-6-1-2-7(11)8(3-6)14-5-12-13-9(14)4-15/h1-3,5,15H,4H2. The zero-order valence-corrected chi connectivity index (χ0v) is 10.7. The minimum atomic E-state index is -0.140. The summed E-state index contributed by atoms with van der Waals surface area (Å²) in [7, 11) is 0. The van der Waals surface area contributed by atoms with Crippen LogP contribution in [0.15, 0.2) is 33.5 Å². The highest BCUT2D eigenvalue weighted by atomic mass is 79.9.